The predicted molar refractivity (Wildman–Crippen MR) is 88.4 cm³/mol. The van der Waals surface area contributed by atoms with Gasteiger partial charge in [0.05, 0.1) is 0 Å². The van der Waals surface area contributed by atoms with Gasteiger partial charge in [0.2, 0.25) is 0 Å². The van der Waals surface area contributed by atoms with Crippen molar-refractivity contribution in [2.24, 2.45) is 0 Å². The molecule has 1 aliphatic heterocycles. The second kappa shape index (κ2) is 7.00. The molecule has 0 aromatic carbocycles. The van der Waals surface area contributed by atoms with Crippen LogP contribution in [0.1, 0.15) is 41.8 Å². The maximum absolute atomic E-state index is 5.17. The molecule has 23 heavy (non-hydrogen) atoms. The zero-order valence-corrected chi connectivity index (χ0v) is 14.0. The normalized spacial score (nSPS) is 18.2. The van der Waals surface area contributed by atoms with Crippen LogP contribution in [0.2, 0.25) is 0 Å². The molecular weight excluding hydrogens is 290 g/mol. The van der Waals surface area contributed by atoms with Gasteiger partial charge in [0.1, 0.15) is 18.2 Å². The van der Waals surface area contributed by atoms with E-state index in [0.717, 1.165) is 54.8 Å². The minimum Gasteiger partial charge on any atom is -0.377 e. The minimum atomic E-state index is 0.423. The predicted octanol–water partition coefficient (Wildman–Crippen LogP) is 2.41. The van der Waals surface area contributed by atoms with E-state index in [2.05, 4.69) is 24.8 Å². The van der Waals surface area contributed by atoms with Gasteiger partial charge in [0, 0.05) is 49.8 Å². The number of rotatable bonds is 4. The number of hydrogen-bond donors (Lipinski definition) is 0. The van der Waals surface area contributed by atoms with Crippen molar-refractivity contribution in [2.75, 3.05) is 25.1 Å². The summed E-state index contributed by atoms with van der Waals surface area (Å²) in [5.74, 6) is 2.98. The number of aryl methyl sites for hydroxylation is 2. The van der Waals surface area contributed by atoms with Crippen molar-refractivity contribution in [1.29, 1.82) is 0 Å². The lowest BCUT2D eigenvalue weighted by molar-refractivity contribution is 0.177. The topological polar surface area (TPSA) is 64.0 Å². The molecule has 0 amide bonds. The lowest BCUT2D eigenvalue weighted by atomic mass is 9.94. The summed E-state index contributed by atoms with van der Waals surface area (Å²) < 4.78 is 5.17. The second-order valence-electron chi connectivity index (χ2n) is 6.03. The molecule has 0 saturated carbocycles. The van der Waals surface area contributed by atoms with Crippen LogP contribution in [0.15, 0.2) is 18.3 Å². The number of methoxy groups -OCH3 is 1. The Morgan fingerprint density at radius 2 is 2.13 bits per heavy atom. The third kappa shape index (κ3) is 3.82. The molecule has 0 N–H and O–H groups in total. The lowest BCUT2D eigenvalue weighted by Crippen LogP contribution is -2.35. The highest BCUT2D eigenvalue weighted by Crippen LogP contribution is 2.28. The zero-order valence-electron chi connectivity index (χ0n) is 14.0. The molecule has 0 spiro atoms. The maximum atomic E-state index is 5.17. The number of hydrogen-bond acceptors (Lipinski definition) is 6. The van der Waals surface area contributed by atoms with Gasteiger partial charge in [-0.1, -0.05) is 0 Å². The van der Waals surface area contributed by atoms with Crippen LogP contribution in [-0.4, -0.2) is 40.1 Å². The largest absolute Gasteiger partial charge is 0.377 e. The summed E-state index contributed by atoms with van der Waals surface area (Å²) in [6.45, 7) is 6.33. The quantitative estimate of drug-likeness (QED) is 0.864. The van der Waals surface area contributed by atoms with Crippen molar-refractivity contribution in [3.8, 4) is 0 Å². The van der Waals surface area contributed by atoms with E-state index >= 15 is 0 Å². The lowest BCUT2D eigenvalue weighted by Gasteiger charge is -2.33. The number of nitrogens with zero attached hydrogens (tertiary/aromatic N) is 5. The molecule has 3 heterocycles. The van der Waals surface area contributed by atoms with E-state index in [1.807, 2.05) is 32.2 Å². The summed E-state index contributed by atoms with van der Waals surface area (Å²) in [5, 5.41) is 0. The molecule has 1 atom stereocenters. The van der Waals surface area contributed by atoms with Gasteiger partial charge < -0.3 is 9.64 Å². The van der Waals surface area contributed by atoms with Crippen LogP contribution < -0.4 is 4.90 Å². The molecule has 6 heteroatoms. The third-order valence-corrected chi connectivity index (χ3v) is 4.12. The Hall–Kier alpha value is -2.08. The number of anilines is 1. The molecule has 1 fully saturated rings. The summed E-state index contributed by atoms with van der Waals surface area (Å²) in [6, 6.07) is 4.08. The molecule has 0 bridgehead atoms. The van der Waals surface area contributed by atoms with Crippen LogP contribution in [0.3, 0.4) is 0 Å². The van der Waals surface area contributed by atoms with Gasteiger partial charge in [-0.25, -0.2) is 19.9 Å². The molecule has 122 valence electrons. The fourth-order valence-corrected chi connectivity index (χ4v) is 3.10. The molecule has 6 nitrogen and oxygen atoms in total. The molecule has 0 aliphatic carbocycles. The molecule has 1 saturated heterocycles. The van der Waals surface area contributed by atoms with Gasteiger partial charge in [0.25, 0.3) is 0 Å². The van der Waals surface area contributed by atoms with Crippen LogP contribution >= 0.6 is 0 Å². The third-order valence-electron chi connectivity index (χ3n) is 4.12. The second-order valence-corrected chi connectivity index (χ2v) is 6.03. The highest BCUT2D eigenvalue weighted by atomic mass is 16.5. The fraction of sp³-hybridized carbons (Fsp3) is 0.529. The van der Waals surface area contributed by atoms with Gasteiger partial charge in [0.15, 0.2) is 5.82 Å². The minimum absolute atomic E-state index is 0.423. The summed E-state index contributed by atoms with van der Waals surface area (Å²) in [5.41, 5.74) is 2.10. The molecule has 1 aliphatic rings. The van der Waals surface area contributed by atoms with E-state index in [9.17, 15) is 0 Å². The maximum Gasteiger partial charge on any atom is 0.156 e. The van der Waals surface area contributed by atoms with E-state index in [4.69, 9.17) is 4.74 Å². The fourth-order valence-electron chi connectivity index (χ4n) is 3.10. The summed E-state index contributed by atoms with van der Waals surface area (Å²) in [4.78, 5) is 20.2. The van der Waals surface area contributed by atoms with Crippen molar-refractivity contribution < 1.29 is 4.74 Å². The smallest absolute Gasteiger partial charge is 0.156 e. The van der Waals surface area contributed by atoms with Crippen molar-refractivity contribution in [2.45, 2.75) is 39.2 Å². The van der Waals surface area contributed by atoms with Gasteiger partial charge in [-0.05, 0) is 32.8 Å². The molecule has 0 radical (unpaired) electrons. The van der Waals surface area contributed by atoms with E-state index in [1.54, 1.807) is 7.11 Å². The average molecular weight is 313 g/mol. The highest BCUT2D eigenvalue weighted by molar-refractivity contribution is 5.41. The first-order chi connectivity index (χ1) is 11.2. The Labute approximate surface area is 137 Å². The molecule has 1 unspecified atom stereocenters. The Morgan fingerprint density at radius 3 is 2.91 bits per heavy atom. The van der Waals surface area contributed by atoms with Gasteiger partial charge in [-0.15, -0.1) is 0 Å². The van der Waals surface area contributed by atoms with Crippen LogP contribution in [0.25, 0.3) is 0 Å². The summed E-state index contributed by atoms with van der Waals surface area (Å²) in [7, 11) is 1.67. The van der Waals surface area contributed by atoms with E-state index in [1.165, 1.54) is 0 Å². The van der Waals surface area contributed by atoms with Gasteiger partial charge >= 0.3 is 0 Å². The van der Waals surface area contributed by atoms with Crippen LogP contribution in [-0.2, 0) is 11.3 Å². The number of ether oxygens (including phenoxy) is 1. The van der Waals surface area contributed by atoms with Crippen molar-refractivity contribution in [3.63, 3.8) is 0 Å². The molecular formula is C17H23N5O. The highest BCUT2D eigenvalue weighted by Gasteiger charge is 2.24. The van der Waals surface area contributed by atoms with E-state index in [0.29, 0.717) is 12.5 Å². The van der Waals surface area contributed by atoms with Crippen LogP contribution in [0, 0.1) is 13.8 Å². The standard InChI is InChI=1S/C17H23N5O/c1-12-9-17(21-16(19-12)11-23-3)22-8-4-5-14(10-22)15-6-7-18-13(2)20-15/h6-7,9,14H,4-5,8,10-11H2,1-3H3. The summed E-state index contributed by atoms with van der Waals surface area (Å²) >= 11 is 0. The SMILES string of the molecule is COCc1nc(C)cc(N2CCCC(c3ccnc(C)n3)C2)n1. The summed E-state index contributed by atoms with van der Waals surface area (Å²) in [6.07, 6.45) is 4.14. The van der Waals surface area contributed by atoms with E-state index in [-0.39, 0.29) is 0 Å². The van der Waals surface area contributed by atoms with Gasteiger partial charge in [-0.2, -0.15) is 0 Å². The van der Waals surface area contributed by atoms with E-state index < -0.39 is 0 Å². The number of piperidine rings is 1. The van der Waals surface area contributed by atoms with Crippen molar-refractivity contribution in [3.05, 3.63) is 41.4 Å². The first-order valence-electron chi connectivity index (χ1n) is 8.03. The first-order valence-corrected chi connectivity index (χ1v) is 8.03. The average Bonchev–Trinajstić information content (AvgIpc) is 2.55. The Bertz CT molecular complexity index is 676. The first kappa shape index (κ1) is 15.8. The zero-order chi connectivity index (χ0) is 16.2. The molecule has 2 aromatic heterocycles. The van der Waals surface area contributed by atoms with Crippen molar-refractivity contribution >= 4 is 5.82 Å². The van der Waals surface area contributed by atoms with Crippen LogP contribution in [0.5, 0.6) is 0 Å². The molecule has 2 aromatic rings. The Kier molecular flexibility index (Phi) is 4.81. The number of aromatic nitrogens is 4. The van der Waals surface area contributed by atoms with Crippen LogP contribution in [0.4, 0.5) is 5.82 Å². The Balaban J connectivity index is 1.81. The van der Waals surface area contributed by atoms with Crippen molar-refractivity contribution in [1.82, 2.24) is 19.9 Å². The Morgan fingerprint density at radius 1 is 1.26 bits per heavy atom. The van der Waals surface area contributed by atoms with Gasteiger partial charge in [-0.3, -0.25) is 0 Å². The molecule has 3 rings (SSSR count). The monoisotopic (exact) mass is 313 g/mol.